The number of anilines is 1. The first kappa shape index (κ1) is 24.8. The Morgan fingerprint density at radius 1 is 1.03 bits per heavy atom. The van der Waals surface area contributed by atoms with Gasteiger partial charge in [0.2, 0.25) is 0 Å². The van der Waals surface area contributed by atoms with Crippen LogP contribution in [0, 0.1) is 0 Å². The molecule has 3 rings (SSSR count). The van der Waals surface area contributed by atoms with Crippen molar-refractivity contribution in [2.75, 3.05) is 59.3 Å². The number of guanidine groups is 1. The summed E-state index contributed by atoms with van der Waals surface area (Å²) in [4.78, 5) is 22.7. The Bertz CT molecular complexity index is 861. The Balaban J connectivity index is 0.00000341. The van der Waals surface area contributed by atoms with Crippen molar-refractivity contribution in [3.63, 3.8) is 0 Å². The molecule has 0 unspecified atom stereocenters. The number of rotatable bonds is 5. The molecule has 0 aliphatic carbocycles. The molecule has 0 radical (unpaired) electrons. The number of halogens is 1. The van der Waals surface area contributed by atoms with Crippen LogP contribution in [0.3, 0.4) is 0 Å². The van der Waals surface area contributed by atoms with E-state index in [4.69, 9.17) is 4.74 Å². The van der Waals surface area contributed by atoms with E-state index >= 15 is 0 Å². The molecule has 8 heteroatoms. The van der Waals surface area contributed by atoms with Crippen LogP contribution in [-0.4, -0.2) is 76.1 Å². The third-order valence-corrected chi connectivity index (χ3v) is 5.29. The monoisotopic (exact) mass is 537 g/mol. The summed E-state index contributed by atoms with van der Waals surface area (Å²) in [6.45, 7) is 4.36. The van der Waals surface area contributed by atoms with E-state index < -0.39 is 0 Å². The van der Waals surface area contributed by atoms with Gasteiger partial charge in [-0.15, -0.1) is 24.0 Å². The highest BCUT2D eigenvalue weighted by Gasteiger charge is 2.20. The number of methoxy groups -OCH3 is 1. The van der Waals surface area contributed by atoms with Gasteiger partial charge in [0.1, 0.15) is 5.75 Å². The number of carbonyl (C=O) groups is 1. The summed E-state index contributed by atoms with van der Waals surface area (Å²) in [5.74, 6) is 1.79. The Morgan fingerprint density at radius 3 is 2.16 bits per heavy atom. The Hall–Kier alpha value is -2.49. The molecule has 0 bridgehead atoms. The normalized spacial score (nSPS) is 14.0. The number of piperazine rings is 1. The molecule has 1 aliphatic rings. The molecule has 0 spiro atoms. The number of nitrogens with zero attached hydrogens (tertiary/aromatic N) is 4. The third-order valence-electron chi connectivity index (χ3n) is 5.29. The average molecular weight is 537 g/mol. The Labute approximate surface area is 202 Å². The van der Waals surface area contributed by atoms with E-state index in [1.165, 1.54) is 5.69 Å². The van der Waals surface area contributed by atoms with Crippen LogP contribution in [0.2, 0.25) is 0 Å². The molecule has 31 heavy (non-hydrogen) atoms. The number of hydrogen-bond donors (Lipinski definition) is 1. The third kappa shape index (κ3) is 6.49. The topological polar surface area (TPSA) is 60.4 Å². The van der Waals surface area contributed by atoms with Crippen molar-refractivity contribution in [1.82, 2.24) is 15.1 Å². The lowest BCUT2D eigenvalue weighted by molar-refractivity contribution is 0.0827. The number of hydrogen-bond acceptors (Lipinski definition) is 4. The smallest absolute Gasteiger partial charge is 0.253 e. The summed E-state index contributed by atoms with van der Waals surface area (Å²) in [5.41, 5.74) is 3.02. The van der Waals surface area contributed by atoms with Crippen LogP contribution in [0.15, 0.2) is 53.5 Å². The van der Waals surface area contributed by atoms with Crippen molar-refractivity contribution >= 4 is 41.5 Å². The number of benzene rings is 2. The van der Waals surface area contributed by atoms with E-state index in [1.807, 2.05) is 43.4 Å². The molecule has 1 heterocycles. The Morgan fingerprint density at radius 2 is 1.65 bits per heavy atom. The summed E-state index contributed by atoms with van der Waals surface area (Å²) < 4.78 is 5.24. The molecule has 1 saturated heterocycles. The molecule has 2 aromatic carbocycles. The highest BCUT2D eigenvalue weighted by Crippen LogP contribution is 2.20. The zero-order valence-corrected chi connectivity index (χ0v) is 21.0. The molecule has 7 nitrogen and oxygen atoms in total. The lowest BCUT2D eigenvalue weighted by Gasteiger charge is -2.37. The number of nitrogens with one attached hydrogen (secondary N) is 1. The van der Waals surface area contributed by atoms with Gasteiger partial charge < -0.3 is 24.8 Å². The predicted molar refractivity (Wildman–Crippen MR) is 137 cm³/mol. The van der Waals surface area contributed by atoms with Gasteiger partial charge in [-0.2, -0.15) is 0 Å². The minimum absolute atomic E-state index is 0. The lowest BCUT2D eigenvalue weighted by Crippen LogP contribution is -2.52. The van der Waals surface area contributed by atoms with Gasteiger partial charge in [-0.3, -0.25) is 9.79 Å². The number of aliphatic imine (C=N–C) groups is 1. The van der Waals surface area contributed by atoms with Gasteiger partial charge in [0.25, 0.3) is 5.91 Å². The molecule has 0 atom stereocenters. The standard InChI is InChI=1S/C23H31N5O2.HI/c1-24-23(25-17-18-5-7-19(8-6-18)22(29)26(2)3)28-15-13-27(14-16-28)20-9-11-21(30-4)12-10-20;/h5-12H,13-17H2,1-4H3,(H,24,25);1H. The molecule has 0 saturated carbocycles. The zero-order valence-electron chi connectivity index (χ0n) is 18.7. The maximum absolute atomic E-state index is 12.0. The van der Waals surface area contributed by atoms with Crippen LogP contribution >= 0.6 is 24.0 Å². The van der Waals surface area contributed by atoms with Crippen LogP contribution in [0.4, 0.5) is 5.69 Å². The van der Waals surface area contributed by atoms with Crippen molar-refractivity contribution < 1.29 is 9.53 Å². The maximum atomic E-state index is 12.0. The average Bonchev–Trinajstić information content (AvgIpc) is 2.80. The fraction of sp³-hybridized carbons (Fsp3) is 0.391. The second-order valence-electron chi connectivity index (χ2n) is 7.47. The second-order valence-corrected chi connectivity index (χ2v) is 7.47. The van der Waals surface area contributed by atoms with Crippen molar-refractivity contribution in [2.24, 2.45) is 4.99 Å². The zero-order chi connectivity index (χ0) is 21.5. The van der Waals surface area contributed by atoms with E-state index in [0.717, 1.165) is 43.5 Å². The van der Waals surface area contributed by atoms with Gasteiger partial charge in [-0.25, -0.2) is 0 Å². The molecule has 1 amide bonds. The van der Waals surface area contributed by atoms with Crippen molar-refractivity contribution in [2.45, 2.75) is 6.54 Å². The van der Waals surface area contributed by atoms with E-state index in [1.54, 1.807) is 26.1 Å². The minimum Gasteiger partial charge on any atom is -0.497 e. The number of amides is 1. The van der Waals surface area contributed by atoms with Crippen molar-refractivity contribution in [3.05, 3.63) is 59.7 Å². The van der Waals surface area contributed by atoms with E-state index in [-0.39, 0.29) is 29.9 Å². The fourth-order valence-electron chi connectivity index (χ4n) is 3.51. The van der Waals surface area contributed by atoms with Crippen LogP contribution in [0.25, 0.3) is 0 Å². The quantitative estimate of drug-likeness (QED) is 0.361. The summed E-state index contributed by atoms with van der Waals surface area (Å²) in [6, 6.07) is 15.9. The maximum Gasteiger partial charge on any atom is 0.253 e. The van der Waals surface area contributed by atoms with Crippen LogP contribution in [0.1, 0.15) is 15.9 Å². The molecule has 1 fully saturated rings. The van der Waals surface area contributed by atoms with Crippen LogP contribution < -0.4 is 15.0 Å². The molecular weight excluding hydrogens is 505 g/mol. The molecule has 0 aromatic heterocycles. The summed E-state index contributed by atoms with van der Waals surface area (Å²) in [7, 11) is 7.02. The molecule has 168 valence electrons. The van der Waals surface area contributed by atoms with Gasteiger partial charge in [-0.05, 0) is 42.0 Å². The predicted octanol–water partition coefficient (Wildman–Crippen LogP) is 2.91. The first-order valence-corrected chi connectivity index (χ1v) is 10.2. The first-order chi connectivity index (χ1) is 14.5. The fourth-order valence-corrected chi connectivity index (χ4v) is 3.51. The number of ether oxygens (including phenoxy) is 1. The SMILES string of the molecule is CN=C(NCc1ccc(C(=O)N(C)C)cc1)N1CCN(c2ccc(OC)cc2)CC1.I. The molecular formula is C23H32IN5O2. The van der Waals surface area contributed by atoms with Gasteiger partial charge in [0.05, 0.1) is 7.11 Å². The van der Waals surface area contributed by atoms with Crippen molar-refractivity contribution in [3.8, 4) is 5.75 Å². The number of carbonyl (C=O) groups excluding carboxylic acids is 1. The Kier molecular flexibility index (Phi) is 9.42. The van der Waals surface area contributed by atoms with Crippen molar-refractivity contribution in [1.29, 1.82) is 0 Å². The van der Waals surface area contributed by atoms with Gasteiger partial charge in [0, 0.05) is 65.1 Å². The van der Waals surface area contributed by atoms with Crippen LogP contribution in [0.5, 0.6) is 5.75 Å². The van der Waals surface area contributed by atoms with Gasteiger partial charge >= 0.3 is 0 Å². The summed E-state index contributed by atoms with van der Waals surface area (Å²) in [6.07, 6.45) is 0. The second kappa shape index (κ2) is 11.8. The van der Waals surface area contributed by atoms with E-state index in [0.29, 0.717) is 12.1 Å². The van der Waals surface area contributed by atoms with Gasteiger partial charge in [-0.1, -0.05) is 12.1 Å². The lowest BCUT2D eigenvalue weighted by atomic mass is 10.1. The van der Waals surface area contributed by atoms with Gasteiger partial charge in [0.15, 0.2) is 5.96 Å². The minimum atomic E-state index is 0. The van der Waals surface area contributed by atoms with Crippen LogP contribution in [-0.2, 0) is 6.54 Å². The highest BCUT2D eigenvalue weighted by atomic mass is 127. The van der Waals surface area contributed by atoms with E-state index in [2.05, 4.69) is 32.2 Å². The molecule has 2 aromatic rings. The molecule has 1 aliphatic heterocycles. The highest BCUT2D eigenvalue weighted by molar-refractivity contribution is 14.0. The van der Waals surface area contributed by atoms with E-state index in [9.17, 15) is 4.79 Å². The summed E-state index contributed by atoms with van der Waals surface area (Å²) >= 11 is 0. The summed E-state index contributed by atoms with van der Waals surface area (Å²) in [5, 5.41) is 3.44. The molecule has 1 N–H and O–H groups in total. The largest absolute Gasteiger partial charge is 0.497 e. The first-order valence-electron chi connectivity index (χ1n) is 10.2.